The first-order valence-corrected chi connectivity index (χ1v) is 21.3. The number of carboxylic acid groups (broad SMARTS) is 1. The third-order valence-electron chi connectivity index (χ3n) is 12.6. The number of anilines is 1. The smallest absolute Gasteiger partial charge is 0.329 e. The van der Waals surface area contributed by atoms with E-state index in [9.17, 15) is 24.6 Å². The molecule has 0 aliphatic carbocycles. The third kappa shape index (κ3) is 7.54. The molecule has 3 aliphatic heterocycles. The summed E-state index contributed by atoms with van der Waals surface area (Å²) in [5, 5.41) is 24.2. The molecule has 326 valence electrons. The second-order valence-electron chi connectivity index (χ2n) is 16.2. The highest BCUT2D eigenvalue weighted by Crippen LogP contribution is 2.66. The van der Waals surface area contributed by atoms with Crippen LogP contribution >= 0.6 is 0 Å². The normalized spacial score (nSPS) is 22.5. The number of imide groups is 1. The number of cyclic esters (lactones) is 1. The molecule has 0 unspecified atom stereocenters. The molecule has 0 radical (unpaired) electrons. The number of aliphatic hydroxyl groups excluding tert-OH is 1. The maximum Gasteiger partial charge on any atom is 0.329 e. The summed E-state index contributed by atoms with van der Waals surface area (Å²) < 4.78 is 17.5. The molecular formula is C53H45N3O9. The molecule has 3 heterocycles. The van der Waals surface area contributed by atoms with E-state index < -0.39 is 65.5 Å². The Bertz CT molecular complexity index is 2790. The number of amides is 3. The lowest BCUT2D eigenvalue weighted by Gasteiger charge is -2.46. The molecule has 0 aromatic heterocycles. The highest BCUT2D eigenvalue weighted by atomic mass is 16.6. The highest BCUT2D eigenvalue weighted by molar-refractivity contribution is 6.24. The van der Waals surface area contributed by atoms with Crippen LogP contribution < -0.4 is 19.7 Å². The van der Waals surface area contributed by atoms with Crippen molar-refractivity contribution >= 4 is 29.6 Å². The van der Waals surface area contributed by atoms with Crippen molar-refractivity contribution in [3.05, 3.63) is 197 Å². The Labute approximate surface area is 376 Å². The largest absolute Gasteiger partial charge is 0.497 e. The summed E-state index contributed by atoms with van der Waals surface area (Å²) in [7, 11) is 1.57. The van der Waals surface area contributed by atoms with Gasteiger partial charge in [0.05, 0.1) is 37.5 Å². The van der Waals surface area contributed by atoms with E-state index in [-0.39, 0.29) is 24.5 Å². The Kier molecular flexibility index (Phi) is 11.7. The van der Waals surface area contributed by atoms with Gasteiger partial charge in [0.15, 0.2) is 0 Å². The second kappa shape index (κ2) is 17.8. The van der Waals surface area contributed by atoms with Gasteiger partial charge in [-0.2, -0.15) is 0 Å². The molecule has 12 nitrogen and oxygen atoms in total. The Balaban J connectivity index is 1.30. The van der Waals surface area contributed by atoms with E-state index in [1.165, 1.54) is 0 Å². The number of nitrogens with one attached hydrogen (secondary N) is 1. The minimum Gasteiger partial charge on any atom is -0.497 e. The van der Waals surface area contributed by atoms with E-state index >= 15 is 4.79 Å². The van der Waals surface area contributed by atoms with Gasteiger partial charge in [0.2, 0.25) is 5.91 Å². The van der Waals surface area contributed by atoms with Gasteiger partial charge in [-0.1, -0.05) is 115 Å². The zero-order valence-corrected chi connectivity index (χ0v) is 35.5. The molecule has 2 fully saturated rings. The van der Waals surface area contributed by atoms with Gasteiger partial charge in [0, 0.05) is 11.1 Å². The number of carboxylic acids is 1. The van der Waals surface area contributed by atoms with Gasteiger partial charge in [-0.25, -0.2) is 9.69 Å². The first kappa shape index (κ1) is 42.6. The molecule has 65 heavy (non-hydrogen) atoms. The van der Waals surface area contributed by atoms with Crippen molar-refractivity contribution in [2.45, 2.75) is 42.6 Å². The lowest BCUT2D eigenvalue weighted by molar-refractivity contribution is -0.179. The quantitative estimate of drug-likeness (QED) is 0.0923. The lowest BCUT2D eigenvalue weighted by Crippen LogP contribution is -2.54. The first-order valence-electron chi connectivity index (χ1n) is 21.3. The van der Waals surface area contributed by atoms with Crippen LogP contribution in [0, 0.1) is 17.8 Å². The molecule has 3 N–H and O–H groups in total. The molecule has 0 saturated carbocycles. The number of rotatable bonds is 10. The van der Waals surface area contributed by atoms with Gasteiger partial charge in [-0.15, -0.1) is 0 Å². The number of nitrogens with zero attached hydrogens (tertiary/aromatic N) is 2. The fourth-order valence-electron chi connectivity index (χ4n) is 9.77. The lowest BCUT2D eigenvalue weighted by atomic mass is 9.65. The minimum atomic E-state index is -2.14. The average molecular weight is 868 g/mol. The van der Waals surface area contributed by atoms with Crippen molar-refractivity contribution in [1.82, 2.24) is 10.2 Å². The number of hydrogen-bond acceptors (Lipinski definition) is 9. The maximum absolute atomic E-state index is 16.2. The topological polar surface area (TPSA) is 155 Å². The Morgan fingerprint density at radius 3 is 1.98 bits per heavy atom. The Morgan fingerprint density at radius 2 is 1.35 bits per heavy atom. The van der Waals surface area contributed by atoms with Gasteiger partial charge in [-0.3, -0.25) is 19.3 Å². The molecule has 6 aromatic rings. The van der Waals surface area contributed by atoms with Crippen LogP contribution in [0.4, 0.5) is 10.5 Å². The van der Waals surface area contributed by atoms with Crippen LogP contribution in [-0.2, 0) is 24.5 Å². The second-order valence-corrected chi connectivity index (χ2v) is 16.2. The molecule has 12 heteroatoms. The van der Waals surface area contributed by atoms with Gasteiger partial charge in [0.1, 0.15) is 41.6 Å². The number of carbonyl (C=O) groups is 4. The van der Waals surface area contributed by atoms with Crippen LogP contribution in [0.15, 0.2) is 158 Å². The number of morpholine rings is 1. The predicted molar refractivity (Wildman–Crippen MR) is 241 cm³/mol. The number of urea groups is 1. The van der Waals surface area contributed by atoms with Crippen LogP contribution in [0.25, 0.3) is 0 Å². The first-order chi connectivity index (χ1) is 31.6. The molecule has 3 aliphatic rings. The van der Waals surface area contributed by atoms with Gasteiger partial charge in [0.25, 0.3) is 0 Å². The summed E-state index contributed by atoms with van der Waals surface area (Å²) in [5.74, 6) is 2.58. The van der Waals surface area contributed by atoms with Crippen LogP contribution in [-0.4, -0.2) is 65.4 Å². The van der Waals surface area contributed by atoms with Crippen molar-refractivity contribution in [1.29, 1.82) is 0 Å². The minimum absolute atomic E-state index is 0.0281. The molecule has 2 saturated heterocycles. The van der Waals surface area contributed by atoms with E-state index in [4.69, 9.17) is 14.2 Å². The summed E-state index contributed by atoms with van der Waals surface area (Å²) >= 11 is 0. The summed E-state index contributed by atoms with van der Waals surface area (Å²) in [5.41, 5.74) is 2.00. The van der Waals surface area contributed by atoms with Crippen molar-refractivity contribution in [3.8, 4) is 23.3 Å². The van der Waals surface area contributed by atoms with Gasteiger partial charge < -0.3 is 29.7 Å². The van der Waals surface area contributed by atoms with Crippen LogP contribution in [0.3, 0.4) is 0 Å². The predicted octanol–water partition coefficient (Wildman–Crippen LogP) is 7.69. The van der Waals surface area contributed by atoms with E-state index in [0.717, 1.165) is 10.5 Å². The molecule has 7 atom stereocenters. The third-order valence-corrected chi connectivity index (χ3v) is 12.6. The molecular weight excluding hydrogens is 823 g/mol. The van der Waals surface area contributed by atoms with E-state index in [0.29, 0.717) is 39.3 Å². The van der Waals surface area contributed by atoms with Crippen molar-refractivity contribution in [2.75, 3.05) is 25.2 Å². The van der Waals surface area contributed by atoms with Crippen LogP contribution in [0.5, 0.6) is 11.5 Å². The Hall–Kier alpha value is -7.72. The van der Waals surface area contributed by atoms with Crippen molar-refractivity contribution < 1.29 is 43.6 Å². The number of hydrogen-bond donors (Lipinski definition) is 3. The molecule has 6 aromatic carbocycles. The number of ether oxygens (including phenoxy) is 3. The number of carbonyl (C=O) groups excluding carboxylic acids is 3. The number of esters is 1. The van der Waals surface area contributed by atoms with E-state index in [1.54, 1.807) is 68.6 Å². The average Bonchev–Trinajstić information content (AvgIpc) is 3.80. The number of benzene rings is 6. The standard InChI is InChI=1S/C53H45N3O9/c1-33(36-12-6-3-7-13-36)54-52(62)55-43-29-22-35(19-18-34-20-25-40(63-2)26-21-34)32-42(43)53(51(55)61)44(49(58)59)46-50(60)65-47(38-16-10-5-11-17-38)45(37-14-8-4-9-15-37)56(46)48(53)39-23-27-41(28-24-39)64-31-30-57/h3-17,20-29,32-33,44-48,57H,30-31H2,1-2H3,(H,54,62)(H,58,59)/t33-,44+,45+,46+,47-,48-,53+/m0/s1. The van der Waals surface area contributed by atoms with E-state index in [1.807, 2.05) is 108 Å². The number of fused-ring (bicyclic) bond motifs is 3. The summed E-state index contributed by atoms with van der Waals surface area (Å²) in [6, 6.07) is 42.0. The molecule has 1 spiro atoms. The summed E-state index contributed by atoms with van der Waals surface area (Å²) in [6.07, 6.45) is -0.939. The summed E-state index contributed by atoms with van der Waals surface area (Å²) in [6.45, 7) is 1.60. The van der Waals surface area contributed by atoms with Gasteiger partial charge in [-0.05, 0) is 89.3 Å². The summed E-state index contributed by atoms with van der Waals surface area (Å²) in [4.78, 5) is 63.1. The fraction of sp³-hybridized carbons (Fsp3) is 0.208. The SMILES string of the molecule is COc1ccc(C#Cc2ccc3c(c2)[C@]2(C(=O)N3C(=O)N[C@@H](C)c3ccccc3)[C@H](c3ccc(OCCO)cc3)N3[C@H](c4ccccc4)[C@H](c4ccccc4)OC(=O)[C@H]3[C@@H]2C(=O)O)cc1. The zero-order chi connectivity index (χ0) is 45.2. The highest BCUT2D eigenvalue weighted by Gasteiger charge is 2.76. The van der Waals surface area contributed by atoms with Crippen LogP contribution in [0.1, 0.15) is 70.1 Å². The van der Waals surface area contributed by atoms with Gasteiger partial charge >= 0.3 is 18.0 Å². The molecule has 3 amide bonds. The van der Waals surface area contributed by atoms with Crippen molar-refractivity contribution in [2.24, 2.45) is 5.92 Å². The fourth-order valence-corrected chi connectivity index (χ4v) is 9.77. The maximum atomic E-state index is 16.2. The zero-order valence-electron chi connectivity index (χ0n) is 35.5. The van der Waals surface area contributed by atoms with E-state index in [2.05, 4.69) is 17.2 Å². The number of aliphatic carboxylic acids is 1. The van der Waals surface area contributed by atoms with Crippen LogP contribution in [0.2, 0.25) is 0 Å². The Morgan fingerprint density at radius 1 is 0.754 bits per heavy atom. The molecule has 9 rings (SSSR count). The number of methoxy groups -OCH3 is 1. The molecule has 0 bridgehead atoms. The number of aliphatic hydroxyl groups is 1. The van der Waals surface area contributed by atoms with Crippen molar-refractivity contribution in [3.63, 3.8) is 0 Å². The monoisotopic (exact) mass is 867 g/mol.